The Hall–Kier alpha value is -0.930. The molecular formula is C12H17Cl2NO2. The van der Waals surface area contributed by atoms with Gasteiger partial charge in [0, 0.05) is 13.1 Å². The van der Waals surface area contributed by atoms with Crippen molar-refractivity contribution in [1.29, 1.82) is 0 Å². The van der Waals surface area contributed by atoms with Crippen molar-refractivity contribution in [2.24, 2.45) is 0 Å². The van der Waals surface area contributed by atoms with E-state index in [1.54, 1.807) is 17.0 Å². The molecule has 1 amide bonds. The van der Waals surface area contributed by atoms with E-state index in [2.05, 4.69) is 0 Å². The second kappa shape index (κ2) is 8.20. The summed E-state index contributed by atoms with van der Waals surface area (Å²) >= 11 is 5.51. The number of amides is 1. The molecule has 1 rings (SSSR count). The highest BCUT2D eigenvalue weighted by molar-refractivity contribution is 6.17. The van der Waals surface area contributed by atoms with Gasteiger partial charge in [-0.15, -0.1) is 12.4 Å². The van der Waals surface area contributed by atoms with E-state index < -0.39 is 0 Å². The topological polar surface area (TPSA) is 29.5 Å². The first-order chi connectivity index (χ1) is 7.74. The predicted octanol–water partition coefficient (Wildman–Crippen LogP) is 3.17. The van der Waals surface area contributed by atoms with Crippen LogP contribution in [0.5, 0.6) is 5.75 Å². The van der Waals surface area contributed by atoms with E-state index in [9.17, 15) is 4.79 Å². The Morgan fingerprint density at radius 1 is 1.29 bits per heavy atom. The van der Waals surface area contributed by atoms with Gasteiger partial charge in [-0.25, -0.2) is 0 Å². The molecule has 3 nitrogen and oxygen atoms in total. The molecule has 1 aromatic rings. The van der Waals surface area contributed by atoms with Gasteiger partial charge in [0.2, 0.25) is 0 Å². The molecule has 0 saturated carbocycles. The first-order valence-corrected chi connectivity index (χ1v) is 5.85. The Balaban J connectivity index is 0.00000256. The van der Waals surface area contributed by atoms with Crippen LogP contribution in [0.2, 0.25) is 0 Å². The summed E-state index contributed by atoms with van der Waals surface area (Å²) in [4.78, 5) is 13.9. The zero-order valence-electron chi connectivity index (χ0n) is 9.98. The van der Waals surface area contributed by atoms with Gasteiger partial charge in [0.1, 0.15) is 5.75 Å². The van der Waals surface area contributed by atoms with Crippen LogP contribution >= 0.6 is 24.0 Å². The summed E-state index contributed by atoms with van der Waals surface area (Å²) in [5, 5.41) is 0. The lowest BCUT2D eigenvalue weighted by Gasteiger charge is -2.19. The lowest BCUT2D eigenvalue weighted by Crippen LogP contribution is -2.30. The summed E-state index contributed by atoms with van der Waals surface area (Å²) in [6.07, 6.45) is 0. The van der Waals surface area contributed by atoms with Crippen molar-refractivity contribution in [1.82, 2.24) is 4.90 Å². The third-order valence-electron chi connectivity index (χ3n) is 2.38. The molecule has 96 valence electrons. The maximum atomic E-state index is 12.1. The zero-order chi connectivity index (χ0) is 12.0. The number of rotatable bonds is 5. The van der Waals surface area contributed by atoms with Crippen LogP contribution in [-0.4, -0.2) is 30.0 Å². The van der Waals surface area contributed by atoms with Crippen molar-refractivity contribution in [2.45, 2.75) is 13.8 Å². The average Bonchev–Trinajstić information content (AvgIpc) is 2.31. The molecular weight excluding hydrogens is 261 g/mol. The fourth-order valence-electron chi connectivity index (χ4n) is 1.51. The van der Waals surface area contributed by atoms with Crippen molar-refractivity contribution in [3.8, 4) is 5.75 Å². The number of benzene rings is 1. The summed E-state index contributed by atoms with van der Waals surface area (Å²) in [5.41, 5.74) is 0.562. The van der Waals surface area contributed by atoms with Crippen LogP contribution in [0.3, 0.4) is 0 Å². The minimum absolute atomic E-state index is 0. The smallest absolute Gasteiger partial charge is 0.257 e. The highest BCUT2D eigenvalue weighted by Gasteiger charge is 2.16. The van der Waals surface area contributed by atoms with E-state index >= 15 is 0 Å². The minimum atomic E-state index is -0.0225. The molecule has 0 aliphatic carbocycles. The molecule has 5 heteroatoms. The molecule has 0 unspecified atom stereocenters. The highest BCUT2D eigenvalue weighted by Crippen LogP contribution is 2.20. The molecule has 0 spiro atoms. The third kappa shape index (κ3) is 4.10. The summed E-state index contributed by atoms with van der Waals surface area (Å²) in [6.45, 7) is 5.27. The molecule has 0 saturated heterocycles. The molecule has 1 aromatic carbocycles. The molecule has 0 aliphatic heterocycles. The van der Waals surface area contributed by atoms with E-state index in [0.717, 1.165) is 0 Å². The summed E-state index contributed by atoms with van der Waals surface area (Å²) in [7, 11) is 0. The number of carbonyl (C=O) groups excluding carboxylic acids is 1. The van der Waals surface area contributed by atoms with Crippen LogP contribution in [-0.2, 0) is 0 Å². The first kappa shape index (κ1) is 16.1. The van der Waals surface area contributed by atoms with Crippen LogP contribution < -0.4 is 4.74 Å². The predicted molar refractivity (Wildman–Crippen MR) is 72.3 cm³/mol. The van der Waals surface area contributed by atoms with Gasteiger partial charge in [0.15, 0.2) is 6.07 Å². The van der Waals surface area contributed by atoms with Gasteiger partial charge < -0.3 is 9.64 Å². The molecule has 0 radical (unpaired) electrons. The van der Waals surface area contributed by atoms with E-state index in [4.69, 9.17) is 16.3 Å². The Morgan fingerprint density at radius 2 is 1.88 bits per heavy atom. The molecule has 0 aliphatic rings. The van der Waals surface area contributed by atoms with Gasteiger partial charge in [-0.1, -0.05) is 23.7 Å². The van der Waals surface area contributed by atoms with E-state index in [0.29, 0.717) is 24.4 Å². The molecule has 0 fully saturated rings. The van der Waals surface area contributed by atoms with Gasteiger partial charge in [-0.2, -0.15) is 0 Å². The number of ether oxygens (including phenoxy) is 1. The molecule has 0 atom stereocenters. The first-order valence-electron chi connectivity index (χ1n) is 5.31. The van der Waals surface area contributed by atoms with Crippen molar-refractivity contribution in [3.63, 3.8) is 0 Å². The SMILES string of the molecule is CCN(CC)C(=O)c1ccccc1OCCl.Cl. The van der Waals surface area contributed by atoms with E-state index in [-0.39, 0.29) is 24.4 Å². The number of alkyl halides is 1. The van der Waals surface area contributed by atoms with Crippen LogP contribution in [0.4, 0.5) is 0 Å². The molecule has 17 heavy (non-hydrogen) atoms. The standard InChI is InChI=1S/C12H16ClNO2.ClH/c1-3-14(4-2)12(15)10-7-5-6-8-11(10)16-9-13;/h5-8H,3-4,9H2,1-2H3;1H. The lowest BCUT2D eigenvalue weighted by atomic mass is 10.1. The van der Waals surface area contributed by atoms with Crippen molar-refractivity contribution in [2.75, 3.05) is 19.2 Å². The van der Waals surface area contributed by atoms with Gasteiger partial charge >= 0.3 is 0 Å². The fraction of sp³-hybridized carbons (Fsp3) is 0.417. The Kier molecular flexibility index (Phi) is 7.75. The van der Waals surface area contributed by atoms with Crippen molar-refractivity contribution in [3.05, 3.63) is 29.8 Å². The molecule has 0 bridgehead atoms. The fourth-order valence-corrected chi connectivity index (χ4v) is 1.63. The highest BCUT2D eigenvalue weighted by atomic mass is 35.5. The summed E-state index contributed by atoms with van der Waals surface area (Å²) in [6, 6.07) is 7.18. The number of halogens is 2. The van der Waals surface area contributed by atoms with Crippen LogP contribution in [0.1, 0.15) is 24.2 Å². The maximum Gasteiger partial charge on any atom is 0.257 e. The van der Waals surface area contributed by atoms with Gasteiger partial charge in [-0.05, 0) is 26.0 Å². The van der Waals surface area contributed by atoms with Crippen molar-refractivity contribution < 1.29 is 9.53 Å². The van der Waals surface area contributed by atoms with Crippen LogP contribution in [0.25, 0.3) is 0 Å². The third-order valence-corrected chi connectivity index (χ3v) is 2.49. The second-order valence-electron chi connectivity index (χ2n) is 3.23. The summed E-state index contributed by atoms with van der Waals surface area (Å²) in [5.74, 6) is 0.514. The number of hydrogen-bond acceptors (Lipinski definition) is 2. The minimum Gasteiger partial charge on any atom is -0.477 e. The van der Waals surface area contributed by atoms with Crippen molar-refractivity contribution >= 4 is 29.9 Å². The van der Waals surface area contributed by atoms with E-state index in [1.807, 2.05) is 26.0 Å². The Labute approximate surface area is 113 Å². The number of carbonyl (C=O) groups is 1. The van der Waals surface area contributed by atoms with Gasteiger partial charge in [0.25, 0.3) is 5.91 Å². The van der Waals surface area contributed by atoms with Crippen LogP contribution in [0.15, 0.2) is 24.3 Å². The summed E-state index contributed by atoms with van der Waals surface area (Å²) < 4.78 is 5.22. The normalized spacial score (nSPS) is 9.35. The Bertz CT molecular complexity index is 354. The average molecular weight is 278 g/mol. The lowest BCUT2D eigenvalue weighted by molar-refractivity contribution is 0.0769. The largest absolute Gasteiger partial charge is 0.477 e. The molecule has 0 N–H and O–H groups in total. The van der Waals surface area contributed by atoms with Gasteiger partial charge in [-0.3, -0.25) is 4.79 Å². The van der Waals surface area contributed by atoms with E-state index in [1.165, 1.54) is 0 Å². The number of para-hydroxylation sites is 1. The monoisotopic (exact) mass is 277 g/mol. The van der Waals surface area contributed by atoms with Gasteiger partial charge in [0.05, 0.1) is 5.56 Å². The number of nitrogens with zero attached hydrogens (tertiary/aromatic N) is 1. The second-order valence-corrected chi connectivity index (χ2v) is 3.45. The quantitative estimate of drug-likeness (QED) is 0.774. The Morgan fingerprint density at radius 3 is 2.41 bits per heavy atom. The van der Waals surface area contributed by atoms with Crippen LogP contribution in [0, 0.1) is 0 Å². The number of hydrogen-bond donors (Lipinski definition) is 0. The molecule has 0 aromatic heterocycles. The molecule has 0 heterocycles. The zero-order valence-corrected chi connectivity index (χ0v) is 11.6. The maximum absolute atomic E-state index is 12.1.